The fraction of sp³-hybridized carbons (Fsp3) is 0.609. The summed E-state index contributed by atoms with van der Waals surface area (Å²) in [5, 5.41) is 16.4. The van der Waals surface area contributed by atoms with Gasteiger partial charge < -0.3 is 20.3 Å². The Morgan fingerprint density at radius 3 is 2.77 bits per heavy atom. The molecule has 2 aliphatic heterocycles. The molecule has 2 fully saturated rings. The van der Waals surface area contributed by atoms with Gasteiger partial charge in [0.15, 0.2) is 0 Å². The van der Waals surface area contributed by atoms with Gasteiger partial charge in [-0.25, -0.2) is 0 Å². The van der Waals surface area contributed by atoms with Crippen LogP contribution in [0.4, 0.5) is 5.69 Å². The maximum atomic E-state index is 9.68. The van der Waals surface area contributed by atoms with E-state index in [-0.39, 0.29) is 6.10 Å². The van der Waals surface area contributed by atoms with Crippen LogP contribution >= 0.6 is 23.4 Å². The first kappa shape index (κ1) is 20.7. The van der Waals surface area contributed by atoms with E-state index in [0.717, 1.165) is 77.0 Å². The third kappa shape index (κ3) is 4.67. The highest BCUT2D eigenvalue weighted by atomic mass is 35.5. The van der Waals surface area contributed by atoms with Crippen molar-refractivity contribution in [2.45, 2.75) is 63.1 Å². The monoisotopic (exact) mass is 446 g/mol. The number of aliphatic hydroxyl groups is 1. The molecule has 0 amide bonds. The maximum absolute atomic E-state index is 9.68. The highest BCUT2D eigenvalue weighted by molar-refractivity contribution is 8.14. The van der Waals surface area contributed by atoms with Gasteiger partial charge in [0, 0.05) is 41.8 Å². The summed E-state index contributed by atoms with van der Waals surface area (Å²) in [7, 11) is 0. The van der Waals surface area contributed by atoms with E-state index < -0.39 is 0 Å². The zero-order valence-electron chi connectivity index (χ0n) is 17.4. The first-order valence-corrected chi connectivity index (χ1v) is 12.7. The van der Waals surface area contributed by atoms with E-state index in [1.807, 2.05) is 23.9 Å². The molecule has 1 saturated heterocycles. The molecule has 1 saturated carbocycles. The topological polar surface area (TPSA) is 63.6 Å². The van der Waals surface area contributed by atoms with Crippen molar-refractivity contribution in [1.29, 1.82) is 0 Å². The summed E-state index contributed by atoms with van der Waals surface area (Å²) in [4.78, 5) is 11.1. The van der Waals surface area contributed by atoms with Crippen molar-refractivity contribution in [3.05, 3.63) is 28.9 Å². The van der Waals surface area contributed by atoms with E-state index in [2.05, 4.69) is 21.3 Å². The number of anilines is 1. The fourth-order valence-corrected chi connectivity index (χ4v) is 6.22. The number of H-pyrrole nitrogens is 1. The Bertz CT molecular complexity index is 915. The quantitative estimate of drug-likeness (QED) is 0.591. The number of aliphatic imine (C=N–C) groups is 1. The molecule has 1 aromatic heterocycles. The van der Waals surface area contributed by atoms with Crippen molar-refractivity contribution >= 4 is 45.0 Å². The first-order valence-electron chi connectivity index (χ1n) is 11.3. The van der Waals surface area contributed by atoms with Crippen LogP contribution in [-0.4, -0.2) is 63.6 Å². The molecule has 7 heteroatoms. The molecular weight excluding hydrogens is 416 g/mol. The molecule has 5 nitrogen and oxygen atoms in total. The number of benzene rings is 1. The smallest absolute Gasteiger partial charge is 0.114 e. The second-order valence-electron chi connectivity index (χ2n) is 8.99. The molecular formula is C23H31ClN4OS. The summed E-state index contributed by atoms with van der Waals surface area (Å²) < 4.78 is 0. The average Bonchev–Trinajstić information content (AvgIpc) is 3.48. The minimum atomic E-state index is -0.100. The molecule has 0 spiro atoms. The second kappa shape index (κ2) is 9.11. The van der Waals surface area contributed by atoms with Gasteiger partial charge in [-0.15, -0.1) is 11.8 Å². The van der Waals surface area contributed by atoms with Crippen LogP contribution in [0, 0.1) is 0 Å². The molecule has 1 aliphatic carbocycles. The number of piperidine rings is 1. The zero-order valence-corrected chi connectivity index (χ0v) is 18.9. The number of aromatic nitrogens is 1. The normalized spacial score (nSPS) is 24.1. The Morgan fingerprint density at radius 2 is 1.97 bits per heavy atom. The Morgan fingerprint density at radius 1 is 1.17 bits per heavy atom. The summed E-state index contributed by atoms with van der Waals surface area (Å²) in [5.74, 6) is 1.05. The highest BCUT2D eigenvalue weighted by Gasteiger charge is 2.24. The lowest BCUT2D eigenvalue weighted by molar-refractivity contribution is 0.0815. The van der Waals surface area contributed by atoms with Gasteiger partial charge in [-0.2, -0.15) is 0 Å². The molecule has 0 radical (unpaired) electrons. The lowest BCUT2D eigenvalue weighted by Gasteiger charge is -2.29. The average molecular weight is 447 g/mol. The third-order valence-corrected chi connectivity index (χ3v) is 8.05. The van der Waals surface area contributed by atoms with Gasteiger partial charge >= 0.3 is 0 Å². The summed E-state index contributed by atoms with van der Waals surface area (Å²) in [6.45, 7) is 3.10. The molecule has 1 aromatic carbocycles. The standard InChI is InChI=1S/C23H31ClN4OS/c24-16-11-15-12-21(27-22(15)20(13-16)25-17-3-1-2-4-17)23-26-18(14-30-23)5-8-28-9-6-19(29)7-10-28/h11-13,17-19,25,27,29H,1-10,14H2/t18-/m1/s1. The number of fused-ring (bicyclic) bond motifs is 1. The van der Waals surface area contributed by atoms with Gasteiger partial charge in [-0.1, -0.05) is 24.4 Å². The van der Waals surface area contributed by atoms with Crippen LogP contribution < -0.4 is 5.32 Å². The van der Waals surface area contributed by atoms with E-state index in [1.165, 1.54) is 25.7 Å². The number of halogens is 1. The number of aromatic amines is 1. The molecule has 0 unspecified atom stereocenters. The van der Waals surface area contributed by atoms with Gasteiger partial charge in [0.1, 0.15) is 5.04 Å². The first-order chi connectivity index (χ1) is 14.6. The van der Waals surface area contributed by atoms with Crippen LogP contribution in [0.15, 0.2) is 23.2 Å². The van der Waals surface area contributed by atoms with Crippen molar-refractivity contribution in [2.75, 3.05) is 30.7 Å². The fourth-order valence-electron chi connectivity index (χ4n) is 4.91. The van der Waals surface area contributed by atoms with Gasteiger partial charge in [0.05, 0.1) is 29.0 Å². The van der Waals surface area contributed by atoms with E-state index in [9.17, 15) is 5.11 Å². The number of hydrogen-bond donors (Lipinski definition) is 3. The number of hydrogen-bond acceptors (Lipinski definition) is 5. The molecule has 162 valence electrons. The van der Waals surface area contributed by atoms with Crippen LogP contribution in [0.1, 0.15) is 50.6 Å². The van der Waals surface area contributed by atoms with Crippen LogP contribution in [0.2, 0.25) is 5.02 Å². The number of nitrogens with one attached hydrogen (secondary N) is 2. The van der Waals surface area contributed by atoms with Gasteiger partial charge in [0.25, 0.3) is 0 Å². The second-order valence-corrected chi connectivity index (χ2v) is 10.4. The lowest BCUT2D eigenvalue weighted by atomic mass is 10.1. The van der Waals surface area contributed by atoms with E-state index in [4.69, 9.17) is 16.6 Å². The third-order valence-electron chi connectivity index (χ3n) is 6.69. The molecule has 2 aromatic rings. The van der Waals surface area contributed by atoms with Gasteiger partial charge in [0.2, 0.25) is 0 Å². The summed E-state index contributed by atoms with van der Waals surface area (Å²) >= 11 is 8.27. The van der Waals surface area contributed by atoms with E-state index in [1.54, 1.807) is 0 Å². The highest BCUT2D eigenvalue weighted by Crippen LogP contribution is 2.33. The van der Waals surface area contributed by atoms with Crippen LogP contribution in [-0.2, 0) is 0 Å². The van der Waals surface area contributed by atoms with Crippen molar-refractivity contribution < 1.29 is 5.11 Å². The lowest BCUT2D eigenvalue weighted by Crippen LogP contribution is -2.37. The zero-order chi connectivity index (χ0) is 20.5. The minimum Gasteiger partial charge on any atom is -0.393 e. The number of likely N-dealkylation sites (tertiary alicyclic amines) is 1. The molecule has 5 rings (SSSR count). The number of rotatable bonds is 6. The summed E-state index contributed by atoms with van der Waals surface area (Å²) in [6, 6.07) is 7.21. The molecule has 3 heterocycles. The Hall–Kier alpha value is -1.21. The summed E-state index contributed by atoms with van der Waals surface area (Å²) in [5.41, 5.74) is 3.36. The summed E-state index contributed by atoms with van der Waals surface area (Å²) in [6.07, 6.45) is 7.90. The Balaban J connectivity index is 1.28. The largest absolute Gasteiger partial charge is 0.393 e. The maximum Gasteiger partial charge on any atom is 0.114 e. The predicted molar refractivity (Wildman–Crippen MR) is 128 cm³/mol. The van der Waals surface area contributed by atoms with Crippen molar-refractivity contribution in [2.24, 2.45) is 4.99 Å². The van der Waals surface area contributed by atoms with Crippen molar-refractivity contribution in [1.82, 2.24) is 9.88 Å². The molecule has 30 heavy (non-hydrogen) atoms. The molecule has 0 bridgehead atoms. The van der Waals surface area contributed by atoms with Gasteiger partial charge in [-0.05, 0) is 50.3 Å². The number of nitrogens with zero attached hydrogens (tertiary/aromatic N) is 2. The van der Waals surface area contributed by atoms with Crippen molar-refractivity contribution in [3.8, 4) is 0 Å². The SMILES string of the molecule is OC1CCN(CC[C@@H]2CSC(c3cc4cc(Cl)cc(NC5CCCC5)c4[nH]3)=N2)CC1. The molecule has 3 aliphatic rings. The number of aliphatic hydroxyl groups excluding tert-OH is 1. The minimum absolute atomic E-state index is 0.100. The predicted octanol–water partition coefficient (Wildman–Crippen LogP) is 4.88. The van der Waals surface area contributed by atoms with Crippen LogP contribution in [0.25, 0.3) is 10.9 Å². The van der Waals surface area contributed by atoms with Gasteiger partial charge in [-0.3, -0.25) is 4.99 Å². The van der Waals surface area contributed by atoms with E-state index in [0.29, 0.717) is 12.1 Å². The Kier molecular flexibility index (Phi) is 6.28. The number of thioether (sulfide) groups is 1. The van der Waals surface area contributed by atoms with Crippen molar-refractivity contribution in [3.63, 3.8) is 0 Å². The molecule has 3 N–H and O–H groups in total. The molecule has 1 atom stereocenters. The van der Waals surface area contributed by atoms with Crippen LogP contribution in [0.5, 0.6) is 0 Å². The van der Waals surface area contributed by atoms with E-state index >= 15 is 0 Å². The van der Waals surface area contributed by atoms with Crippen LogP contribution in [0.3, 0.4) is 0 Å². The Labute approximate surface area is 187 Å².